The van der Waals surface area contributed by atoms with Crippen LogP contribution < -0.4 is 10.2 Å². The van der Waals surface area contributed by atoms with Crippen LogP contribution in [0.15, 0.2) is 36.5 Å². The van der Waals surface area contributed by atoms with Gasteiger partial charge in [0.2, 0.25) is 0 Å². The summed E-state index contributed by atoms with van der Waals surface area (Å²) in [6, 6.07) is 10.6. The topological polar surface area (TPSA) is 104 Å². The number of hydrogen-bond donors (Lipinski definition) is 1. The maximum atomic E-state index is 14.0. The van der Waals surface area contributed by atoms with Crippen LogP contribution in [0.3, 0.4) is 0 Å². The molecule has 1 N–H and O–H groups in total. The van der Waals surface area contributed by atoms with E-state index in [1.807, 2.05) is 16.9 Å². The van der Waals surface area contributed by atoms with Gasteiger partial charge < -0.3 is 24.3 Å². The molecule has 4 aromatic rings. The second-order valence-electron chi connectivity index (χ2n) is 14.8. The number of esters is 1. The van der Waals surface area contributed by atoms with Gasteiger partial charge in [-0.3, -0.25) is 4.79 Å². The zero-order valence-electron chi connectivity index (χ0n) is 28.4. The number of aryl methyl sites for hydroxylation is 1. The van der Waals surface area contributed by atoms with Crippen LogP contribution in [-0.4, -0.2) is 66.1 Å². The van der Waals surface area contributed by atoms with Gasteiger partial charge in [0, 0.05) is 62.8 Å². The van der Waals surface area contributed by atoms with Crippen LogP contribution in [0.4, 0.5) is 5.82 Å². The fourth-order valence-corrected chi connectivity index (χ4v) is 7.95. The number of aromatic nitrogens is 4. The summed E-state index contributed by atoms with van der Waals surface area (Å²) in [7, 11) is 0.197. The number of carbonyl (C=O) groups is 2. The fourth-order valence-electron chi connectivity index (χ4n) is 7.19. The maximum absolute atomic E-state index is 14.0. The van der Waals surface area contributed by atoms with Crippen molar-refractivity contribution >= 4 is 36.7 Å². The lowest BCUT2D eigenvalue weighted by molar-refractivity contribution is 0.0600. The van der Waals surface area contributed by atoms with Gasteiger partial charge >= 0.3 is 5.97 Å². The second-order valence-corrected chi connectivity index (χ2v) is 20.5. The van der Waals surface area contributed by atoms with E-state index in [9.17, 15) is 9.59 Å². The Hall–Kier alpha value is -3.96. The molecule has 3 aromatic heterocycles. The summed E-state index contributed by atoms with van der Waals surface area (Å²) in [6.07, 6.45) is 4.91. The number of methoxy groups -OCH3 is 1. The molecule has 47 heavy (non-hydrogen) atoms. The maximum Gasteiger partial charge on any atom is 0.337 e. The molecule has 0 radical (unpaired) electrons. The van der Waals surface area contributed by atoms with Crippen molar-refractivity contribution in [1.29, 1.82) is 0 Å². The molecule has 2 aliphatic carbocycles. The molecule has 1 aromatic carbocycles. The second kappa shape index (κ2) is 12.2. The van der Waals surface area contributed by atoms with Crippen molar-refractivity contribution in [2.75, 3.05) is 31.7 Å². The van der Waals surface area contributed by atoms with Crippen molar-refractivity contribution in [3.8, 4) is 0 Å². The first-order valence-corrected chi connectivity index (χ1v) is 20.6. The van der Waals surface area contributed by atoms with Crippen LogP contribution in [-0.2, 0) is 29.2 Å². The Morgan fingerprint density at radius 3 is 2.60 bits per heavy atom. The largest absolute Gasteiger partial charge is 0.465 e. The molecule has 248 valence electrons. The average Bonchev–Trinajstić information content (AvgIpc) is 3.37. The highest BCUT2D eigenvalue weighted by Gasteiger charge is 2.45. The Labute approximate surface area is 277 Å². The first kappa shape index (κ1) is 31.6. The van der Waals surface area contributed by atoms with Crippen LogP contribution in [0, 0.1) is 25.7 Å². The quantitative estimate of drug-likeness (QED) is 0.123. The third-order valence-electron chi connectivity index (χ3n) is 10.3. The highest BCUT2D eigenvalue weighted by Crippen LogP contribution is 2.46. The molecule has 7 rings (SSSR count). The number of amides is 1. The van der Waals surface area contributed by atoms with Gasteiger partial charge in [-0.1, -0.05) is 25.7 Å². The Kier molecular flexibility index (Phi) is 8.24. The summed E-state index contributed by atoms with van der Waals surface area (Å²) < 4.78 is 15.0. The summed E-state index contributed by atoms with van der Waals surface area (Å²) >= 11 is 0. The molecule has 3 atom stereocenters. The van der Waals surface area contributed by atoms with E-state index in [0.717, 1.165) is 84.4 Å². The Morgan fingerprint density at radius 2 is 1.87 bits per heavy atom. The number of benzene rings is 1. The van der Waals surface area contributed by atoms with E-state index in [0.29, 0.717) is 29.8 Å². The van der Waals surface area contributed by atoms with Crippen molar-refractivity contribution in [3.63, 3.8) is 0 Å². The predicted octanol–water partition coefficient (Wildman–Crippen LogP) is 5.87. The number of hydrogen-bond acceptors (Lipinski definition) is 7. The monoisotopic (exact) mass is 654 g/mol. The minimum absolute atomic E-state index is 0.190. The first-order valence-electron chi connectivity index (χ1n) is 16.9. The smallest absolute Gasteiger partial charge is 0.337 e. The third kappa shape index (κ3) is 6.35. The highest BCUT2D eigenvalue weighted by atomic mass is 28.3. The molecule has 2 fully saturated rings. The lowest BCUT2D eigenvalue weighted by atomic mass is 10.1. The van der Waals surface area contributed by atoms with Gasteiger partial charge in [-0.2, -0.15) is 5.10 Å². The van der Waals surface area contributed by atoms with Crippen molar-refractivity contribution < 1.29 is 19.1 Å². The van der Waals surface area contributed by atoms with Crippen molar-refractivity contribution in [3.05, 3.63) is 75.9 Å². The number of piperidine rings is 1. The first-order chi connectivity index (χ1) is 22.5. The predicted molar refractivity (Wildman–Crippen MR) is 185 cm³/mol. The third-order valence-corrected chi connectivity index (χ3v) is 12.0. The van der Waals surface area contributed by atoms with Gasteiger partial charge in [0.25, 0.3) is 5.91 Å². The molecular weight excluding hydrogens is 609 g/mol. The summed E-state index contributed by atoms with van der Waals surface area (Å²) in [4.78, 5) is 33.9. The fraction of sp³-hybridized carbons (Fsp3) is 0.500. The lowest BCUT2D eigenvalue weighted by Gasteiger charge is -2.20. The minimum Gasteiger partial charge on any atom is -0.465 e. The van der Waals surface area contributed by atoms with E-state index >= 15 is 0 Å². The molecule has 11 heteroatoms. The van der Waals surface area contributed by atoms with Crippen LogP contribution >= 0.6 is 0 Å². The van der Waals surface area contributed by atoms with E-state index in [1.165, 1.54) is 19.1 Å². The number of ether oxygens (including phenoxy) is 2. The standard InChI is InChI=1S/C36H46N6O4Si/c1-22-25(8-12-33(37-22)41-18-26-15-27(26)19-41)17-40-20-30(29-16-24(36(44)45-3)7-11-32(29)40)35(43)38-31-10-9-28-23(2)42(39-34(28)31)21-46-13-14-47(4,5)6/h7-8,11-12,16,20,26-27,31H,9-10,13-15,17-19,21H2,1-6H3,(H,38,43)/t26?,27?,31-/m1/s1. The number of anilines is 1. The van der Waals surface area contributed by atoms with Gasteiger partial charge in [0.15, 0.2) is 0 Å². The number of pyridine rings is 1. The molecule has 3 aliphatic rings. The lowest BCUT2D eigenvalue weighted by Crippen LogP contribution is -2.27. The van der Waals surface area contributed by atoms with E-state index in [1.54, 1.807) is 12.1 Å². The molecule has 1 saturated heterocycles. The Bertz CT molecular complexity index is 1850. The number of fused-ring (bicyclic) bond motifs is 3. The molecule has 1 amide bonds. The highest BCUT2D eigenvalue weighted by molar-refractivity contribution is 6.76. The zero-order chi connectivity index (χ0) is 33.0. The minimum atomic E-state index is -1.17. The van der Waals surface area contributed by atoms with Crippen LogP contribution in [0.5, 0.6) is 0 Å². The van der Waals surface area contributed by atoms with E-state index in [4.69, 9.17) is 19.6 Å². The molecule has 4 heterocycles. The van der Waals surface area contributed by atoms with Gasteiger partial charge in [0.1, 0.15) is 12.5 Å². The molecule has 10 nitrogen and oxygen atoms in total. The van der Waals surface area contributed by atoms with Crippen LogP contribution in [0.25, 0.3) is 10.9 Å². The Balaban J connectivity index is 1.12. The van der Waals surface area contributed by atoms with Crippen molar-refractivity contribution in [1.82, 2.24) is 24.6 Å². The van der Waals surface area contributed by atoms with E-state index in [2.05, 4.69) is 60.4 Å². The molecule has 1 saturated carbocycles. The van der Waals surface area contributed by atoms with E-state index in [-0.39, 0.29) is 11.9 Å². The van der Waals surface area contributed by atoms with Crippen molar-refractivity contribution in [2.45, 2.75) is 78.1 Å². The van der Waals surface area contributed by atoms with Gasteiger partial charge in [-0.15, -0.1) is 0 Å². The molecular formula is C36H46N6O4Si. The Morgan fingerprint density at radius 1 is 1.09 bits per heavy atom. The van der Waals surface area contributed by atoms with Gasteiger partial charge in [-0.05, 0) is 86.4 Å². The SMILES string of the molecule is COC(=O)c1ccc2c(c1)c(C(=O)N[C@@H]1CCc3c1nn(COCC[Si](C)(C)C)c3C)cn2Cc1ccc(N2CC3CC3C2)nc1C. The molecule has 2 unspecified atom stereocenters. The van der Waals surface area contributed by atoms with Gasteiger partial charge in [0.05, 0.1) is 30.0 Å². The summed E-state index contributed by atoms with van der Waals surface area (Å²) in [6.45, 7) is 15.1. The molecule has 0 spiro atoms. The zero-order valence-corrected chi connectivity index (χ0v) is 29.4. The summed E-state index contributed by atoms with van der Waals surface area (Å²) in [5.41, 5.74) is 7.07. The molecule has 1 aliphatic heterocycles. The number of carbonyl (C=O) groups excluding carboxylic acids is 2. The number of nitrogens with one attached hydrogen (secondary N) is 1. The molecule has 0 bridgehead atoms. The van der Waals surface area contributed by atoms with E-state index < -0.39 is 14.0 Å². The summed E-state index contributed by atoms with van der Waals surface area (Å²) in [5.74, 6) is 2.11. The van der Waals surface area contributed by atoms with Crippen LogP contribution in [0.1, 0.15) is 67.8 Å². The van der Waals surface area contributed by atoms with Crippen LogP contribution in [0.2, 0.25) is 25.7 Å². The number of nitrogens with zero attached hydrogens (tertiary/aromatic N) is 5. The van der Waals surface area contributed by atoms with Crippen molar-refractivity contribution in [2.24, 2.45) is 11.8 Å². The normalized spacial score (nSPS) is 20.0. The average molecular weight is 655 g/mol. The number of rotatable bonds is 11. The van der Waals surface area contributed by atoms with Gasteiger partial charge in [-0.25, -0.2) is 14.5 Å². The summed E-state index contributed by atoms with van der Waals surface area (Å²) in [5, 5.41) is 8.87.